The van der Waals surface area contributed by atoms with Crippen molar-refractivity contribution in [1.29, 1.82) is 0 Å². The van der Waals surface area contributed by atoms with E-state index in [-0.39, 0.29) is 17.1 Å². The van der Waals surface area contributed by atoms with Gasteiger partial charge in [0.2, 0.25) is 0 Å². The first kappa shape index (κ1) is 17.0. The maximum Gasteiger partial charge on any atom is 0.336 e. The zero-order valence-corrected chi connectivity index (χ0v) is 12.8. The molecule has 1 unspecified atom stereocenters. The number of carbonyl (C=O) groups excluding carboxylic acids is 2. The summed E-state index contributed by atoms with van der Waals surface area (Å²) in [7, 11) is 0. The second-order valence-corrected chi connectivity index (χ2v) is 5.20. The summed E-state index contributed by atoms with van der Waals surface area (Å²) < 4.78 is 10.9. The molecule has 0 aromatic rings. The summed E-state index contributed by atoms with van der Waals surface area (Å²) in [5.74, 6) is -2.85. The summed E-state index contributed by atoms with van der Waals surface area (Å²) in [6.07, 6.45) is 8.59. The third-order valence-corrected chi connectivity index (χ3v) is 3.10. The fourth-order valence-electron chi connectivity index (χ4n) is 1.96. The lowest BCUT2D eigenvalue weighted by atomic mass is 9.89. The number of hydrogen-bond acceptors (Lipinski definition) is 4. The highest BCUT2D eigenvalue weighted by atomic mass is 16.7. The Morgan fingerprint density at radius 1 is 1.10 bits per heavy atom. The van der Waals surface area contributed by atoms with Crippen molar-refractivity contribution in [3.8, 4) is 0 Å². The fraction of sp³-hybridized carbons (Fsp3) is 0.412. The van der Waals surface area contributed by atoms with Crippen LogP contribution in [0, 0.1) is 5.92 Å². The molecule has 1 atom stereocenters. The molecule has 0 N–H and O–H groups in total. The zero-order valence-electron chi connectivity index (χ0n) is 12.8. The van der Waals surface area contributed by atoms with Crippen molar-refractivity contribution in [1.82, 2.24) is 0 Å². The molecule has 1 rings (SSSR count). The van der Waals surface area contributed by atoms with Gasteiger partial charge in [0.1, 0.15) is 0 Å². The standard InChI is InChI=1S/C17H22O4/c1-6-9-14-10-7-8-11-17(14,20-15(18)12(2)3)21-16(19)13(4)5/h7-8,10-11,14H,2,4,6,9H2,1,3,5H3. The van der Waals surface area contributed by atoms with Crippen LogP contribution in [0.2, 0.25) is 0 Å². The van der Waals surface area contributed by atoms with Gasteiger partial charge in [0.25, 0.3) is 5.79 Å². The first-order chi connectivity index (χ1) is 9.82. The number of rotatable bonds is 6. The van der Waals surface area contributed by atoms with E-state index in [1.165, 1.54) is 0 Å². The number of carbonyl (C=O) groups is 2. The molecule has 0 aromatic heterocycles. The Labute approximate surface area is 125 Å². The van der Waals surface area contributed by atoms with E-state index < -0.39 is 17.7 Å². The van der Waals surface area contributed by atoms with E-state index in [4.69, 9.17) is 9.47 Å². The van der Waals surface area contributed by atoms with Crippen LogP contribution >= 0.6 is 0 Å². The molecule has 0 saturated heterocycles. The normalized spacial score (nSPS) is 18.9. The van der Waals surface area contributed by atoms with E-state index in [1.807, 2.05) is 19.1 Å². The lowest BCUT2D eigenvalue weighted by Gasteiger charge is -2.37. The molecule has 0 aliphatic heterocycles. The van der Waals surface area contributed by atoms with Crippen LogP contribution in [-0.2, 0) is 19.1 Å². The van der Waals surface area contributed by atoms with Gasteiger partial charge in [-0.3, -0.25) is 0 Å². The van der Waals surface area contributed by atoms with Gasteiger partial charge < -0.3 is 9.47 Å². The summed E-state index contributed by atoms with van der Waals surface area (Å²) in [5.41, 5.74) is 0.498. The van der Waals surface area contributed by atoms with Crippen molar-refractivity contribution < 1.29 is 19.1 Å². The van der Waals surface area contributed by atoms with Crippen LogP contribution in [0.25, 0.3) is 0 Å². The van der Waals surface area contributed by atoms with E-state index >= 15 is 0 Å². The molecule has 1 aliphatic carbocycles. The van der Waals surface area contributed by atoms with E-state index in [0.717, 1.165) is 6.42 Å². The minimum atomic E-state index is -1.43. The molecule has 21 heavy (non-hydrogen) atoms. The second-order valence-electron chi connectivity index (χ2n) is 5.20. The molecule has 0 aromatic carbocycles. The van der Waals surface area contributed by atoms with Gasteiger partial charge >= 0.3 is 11.9 Å². The lowest BCUT2D eigenvalue weighted by Crippen LogP contribution is -2.45. The van der Waals surface area contributed by atoms with E-state index in [1.54, 1.807) is 26.0 Å². The minimum Gasteiger partial charge on any atom is -0.415 e. The van der Waals surface area contributed by atoms with Crippen molar-refractivity contribution in [3.63, 3.8) is 0 Å². The number of esters is 2. The quantitative estimate of drug-likeness (QED) is 0.427. The summed E-state index contributed by atoms with van der Waals surface area (Å²) in [5, 5.41) is 0. The van der Waals surface area contributed by atoms with Gasteiger partial charge in [-0.2, -0.15) is 0 Å². The summed E-state index contributed by atoms with van der Waals surface area (Å²) in [6, 6.07) is 0. The Morgan fingerprint density at radius 3 is 2.05 bits per heavy atom. The number of hydrogen-bond donors (Lipinski definition) is 0. The molecule has 0 amide bonds. The van der Waals surface area contributed by atoms with Crippen LogP contribution in [0.1, 0.15) is 33.6 Å². The smallest absolute Gasteiger partial charge is 0.336 e. The average Bonchev–Trinajstić information content (AvgIpc) is 2.41. The maximum atomic E-state index is 11.9. The molecule has 0 bridgehead atoms. The third kappa shape index (κ3) is 4.18. The molecular weight excluding hydrogens is 268 g/mol. The predicted octanol–water partition coefficient (Wildman–Crippen LogP) is 3.46. The third-order valence-electron chi connectivity index (χ3n) is 3.10. The lowest BCUT2D eigenvalue weighted by molar-refractivity contribution is -0.219. The van der Waals surface area contributed by atoms with Crippen LogP contribution in [0.4, 0.5) is 0 Å². The predicted molar refractivity (Wildman–Crippen MR) is 81.2 cm³/mol. The van der Waals surface area contributed by atoms with Crippen LogP contribution in [0.15, 0.2) is 48.6 Å². The molecule has 0 radical (unpaired) electrons. The Balaban J connectivity index is 3.13. The fourth-order valence-corrected chi connectivity index (χ4v) is 1.96. The van der Waals surface area contributed by atoms with Crippen molar-refractivity contribution in [2.75, 3.05) is 0 Å². The molecule has 0 heterocycles. The van der Waals surface area contributed by atoms with Crippen molar-refractivity contribution in [2.45, 2.75) is 39.4 Å². The number of ether oxygens (including phenoxy) is 2. The highest BCUT2D eigenvalue weighted by Crippen LogP contribution is 2.34. The largest absolute Gasteiger partial charge is 0.415 e. The summed E-state index contributed by atoms with van der Waals surface area (Å²) in [4.78, 5) is 23.8. The zero-order chi connectivity index (χ0) is 16.0. The highest BCUT2D eigenvalue weighted by molar-refractivity contribution is 5.89. The highest BCUT2D eigenvalue weighted by Gasteiger charge is 2.44. The van der Waals surface area contributed by atoms with Crippen LogP contribution < -0.4 is 0 Å². The van der Waals surface area contributed by atoms with Crippen LogP contribution in [0.3, 0.4) is 0 Å². The van der Waals surface area contributed by atoms with Crippen molar-refractivity contribution in [3.05, 3.63) is 48.6 Å². The topological polar surface area (TPSA) is 52.6 Å². The van der Waals surface area contributed by atoms with Crippen LogP contribution in [0.5, 0.6) is 0 Å². The van der Waals surface area contributed by atoms with Gasteiger partial charge in [0, 0.05) is 17.2 Å². The SMILES string of the molecule is C=C(C)C(=O)OC1(OC(=O)C(=C)C)C=CC=CC1CCC. The molecular formula is C17H22O4. The van der Waals surface area contributed by atoms with E-state index in [2.05, 4.69) is 13.2 Å². The Bertz CT molecular complexity index is 483. The van der Waals surface area contributed by atoms with Gasteiger partial charge in [-0.15, -0.1) is 0 Å². The first-order valence-electron chi connectivity index (χ1n) is 6.96. The van der Waals surface area contributed by atoms with Gasteiger partial charge in [-0.1, -0.05) is 44.7 Å². The molecule has 1 aliphatic rings. The van der Waals surface area contributed by atoms with Gasteiger partial charge in [0.15, 0.2) is 0 Å². The molecule has 4 nitrogen and oxygen atoms in total. The van der Waals surface area contributed by atoms with Crippen molar-refractivity contribution in [2.24, 2.45) is 5.92 Å². The molecule has 0 spiro atoms. The Kier molecular flexibility index (Phi) is 5.70. The molecule has 0 fully saturated rings. The minimum absolute atomic E-state index is 0.237. The Morgan fingerprint density at radius 2 is 1.62 bits per heavy atom. The second kappa shape index (κ2) is 7.07. The maximum absolute atomic E-state index is 11.9. The summed E-state index contributed by atoms with van der Waals surface area (Å²) in [6.45, 7) is 12.2. The van der Waals surface area contributed by atoms with Gasteiger partial charge in [0.05, 0.1) is 5.92 Å². The average molecular weight is 290 g/mol. The van der Waals surface area contributed by atoms with Gasteiger partial charge in [-0.05, 0) is 20.3 Å². The van der Waals surface area contributed by atoms with Crippen LogP contribution in [-0.4, -0.2) is 17.7 Å². The molecule has 0 saturated carbocycles. The Hall–Kier alpha value is -2.10. The monoisotopic (exact) mass is 290 g/mol. The summed E-state index contributed by atoms with van der Waals surface area (Å²) >= 11 is 0. The molecule has 114 valence electrons. The van der Waals surface area contributed by atoms with Crippen molar-refractivity contribution >= 4 is 11.9 Å². The van der Waals surface area contributed by atoms with E-state index in [0.29, 0.717) is 6.42 Å². The van der Waals surface area contributed by atoms with Gasteiger partial charge in [-0.25, -0.2) is 9.59 Å². The first-order valence-corrected chi connectivity index (χ1v) is 6.96. The molecule has 4 heteroatoms. The van der Waals surface area contributed by atoms with E-state index in [9.17, 15) is 9.59 Å². The number of allylic oxidation sites excluding steroid dienone is 2.